The van der Waals surface area contributed by atoms with E-state index < -0.39 is 6.10 Å². The molecule has 0 radical (unpaired) electrons. The van der Waals surface area contributed by atoms with Gasteiger partial charge in [-0.3, -0.25) is 4.79 Å². The molecule has 0 aromatic heterocycles. The van der Waals surface area contributed by atoms with Gasteiger partial charge in [0.1, 0.15) is 11.5 Å². The van der Waals surface area contributed by atoms with E-state index in [2.05, 4.69) is 0 Å². The summed E-state index contributed by atoms with van der Waals surface area (Å²) in [6.45, 7) is 0.219. The van der Waals surface area contributed by atoms with Gasteiger partial charge in [0.05, 0.1) is 5.69 Å². The van der Waals surface area contributed by atoms with Crippen LogP contribution in [0.25, 0.3) is 0 Å². The molecule has 6 heteroatoms. The molecule has 2 aromatic carbocycles. The molecular weight excluding hydrogens is 298 g/mol. The lowest BCUT2D eigenvalue weighted by molar-refractivity contribution is -0.125. The van der Waals surface area contributed by atoms with E-state index in [0.29, 0.717) is 29.4 Å². The number of fused-ring (bicyclic) bond motifs is 2. The molecule has 1 atom stereocenters. The minimum absolute atomic E-state index is 0.0984. The molecule has 0 saturated carbocycles. The minimum Gasteiger partial charge on any atom is -0.508 e. The van der Waals surface area contributed by atoms with Gasteiger partial charge in [0.25, 0.3) is 5.91 Å². The van der Waals surface area contributed by atoms with E-state index in [1.807, 2.05) is 18.2 Å². The highest BCUT2D eigenvalue weighted by Crippen LogP contribution is 2.37. The number of likely N-dealkylation sites (N-methyl/N-ethyl adjacent to an activating group) is 1. The lowest BCUT2D eigenvalue weighted by Crippen LogP contribution is -2.44. The summed E-state index contributed by atoms with van der Waals surface area (Å²) in [5, 5.41) is 9.56. The second kappa shape index (κ2) is 5.08. The Hall–Kier alpha value is -2.89. The third kappa shape index (κ3) is 2.32. The summed E-state index contributed by atoms with van der Waals surface area (Å²) >= 11 is 0. The summed E-state index contributed by atoms with van der Waals surface area (Å²) in [7, 11) is 1.68. The molecule has 0 bridgehead atoms. The van der Waals surface area contributed by atoms with Crippen LogP contribution in [0.4, 0.5) is 5.69 Å². The molecule has 2 aromatic rings. The first-order valence-corrected chi connectivity index (χ1v) is 7.27. The van der Waals surface area contributed by atoms with E-state index in [9.17, 15) is 9.90 Å². The molecule has 0 fully saturated rings. The first-order chi connectivity index (χ1) is 11.1. The smallest absolute Gasteiger partial charge is 0.268 e. The Morgan fingerprint density at radius 3 is 2.78 bits per heavy atom. The Bertz CT molecular complexity index is 789. The molecule has 2 aliphatic heterocycles. The van der Waals surface area contributed by atoms with Gasteiger partial charge in [-0.1, -0.05) is 6.07 Å². The zero-order chi connectivity index (χ0) is 16.0. The van der Waals surface area contributed by atoms with Gasteiger partial charge in [0, 0.05) is 19.5 Å². The molecule has 1 N–H and O–H groups in total. The number of phenols is 1. The van der Waals surface area contributed by atoms with Crippen LogP contribution in [-0.4, -0.2) is 31.0 Å². The summed E-state index contributed by atoms with van der Waals surface area (Å²) in [5.41, 5.74) is 1.50. The summed E-state index contributed by atoms with van der Waals surface area (Å²) in [6, 6.07) is 10.3. The van der Waals surface area contributed by atoms with Crippen LogP contribution < -0.4 is 19.1 Å². The average Bonchev–Trinajstić information content (AvgIpc) is 3.01. The summed E-state index contributed by atoms with van der Waals surface area (Å²) < 4.78 is 16.5. The summed E-state index contributed by atoms with van der Waals surface area (Å²) in [4.78, 5) is 14.0. The topological polar surface area (TPSA) is 68.2 Å². The Kier molecular flexibility index (Phi) is 3.04. The molecule has 2 aliphatic rings. The van der Waals surface area contributed by atoms with Crippen molar-refractivity contribution in [2.45, 2.75) is 12.5 Å². The molecule has 0 spiro atoms. The van der Waals surface area contributed by atoms with Crippen molar-refractivity contribution in [3.05, 3.63) is 42.0 Å². The number of nitrogens with zero attached hydrogens (tertiary/aromatic N) is 1. The maximum absolute atomic E-state index is 12.5. The van der Waals surface area contributed by atoms with Crippen molar-refractivity contribution < 1.29 is 24.1 Å². The second-order valence-electron chi connectivity index (χ2n) is 5.55. The fourth-order valence-electron chi connectivity index (χ4n) is 2.82. The zero-order valence-electron chi connectivity index (χ0n) is 12.5. The summed E-state index contributed by atoms with van der Waals surface area (Å²) in [5.74, 6) is 1.92. The highest BCUT2D eigenvalue weighted by molar-refractivity contribution is 5.99. The van der Waals surface area contributed by atoms with Crippen LogP contribution in [0.1, 0.15) is 5.56 Å². The standard InChI is InChI=1S/C17H15NO5/c1-18-12-8-11(19)3-5-13(12)23-16(17(18)20)7-10-2-4-14-15(6-10)22-9-21-14/h2-6,8,16,19H,7,9H2,1H3. The predicted molar refractivity (Wildman–Crippen MR) is 82.2 cm³/mol. The Labute approximate surface area is 132 Å². The molecule has 118 valence electrons. The number of benzene rings is 2. The van der Waals surface area contributed by atoms with E-state index in [0.717, 1.165) is 5.56 Å². The van der Waals surface area contributed by atoms with Crippen molar-refractivity contribution in [2.24, 2.45) is 0 Å². The van der Waals surface area contributed by atoms with Gasteiger partial charge in [-0.25, -0.2) is 0 Å². The number of hydrogen-bond donors (Lipinski definition) is 1. The predicted octanol–water partition coefficient (Wildman–Crippen LogP) is 2.09. The molecule has 1 unspecified atom stereocenters. The number of carbonyl (C=O) groups excluding carboxylic acids is 1. The first-order valence-electron chi connectivity index (χ1n) is 7.27. The van der Waals surface area contributed by atoms with Crippen LogP contribution in [0.3, 0.4) is 0 Å². The molecule has 0 aliphatic carbocycles. The van der Waals surface area contributed by atoms with Gasteiger partial charge < -0.3 is 24.2 Å². The third-order valence-electron chi connectivity index (χ3n) is 4.04. The van der Waals surface area contributed by atoms with E-state index in [4.69, 9.17) is 14.2 Å². The number of phenolic OH excluding ortho intramolecular Hbond substituents is 1. The van der Waals surface area contributed by atoms with Crippen molar-refractivity contribution in [1.29, 1.82) is 0 Å². The minimum atomic E-state index is -0.614. The van der Waals surface area contributed by atoms with Crippen LogP contribution in [0.15, 0.2) is 36.4 Å². The van der Waals surface area contributed by atoms with Crippen molar-refractivity contribution >= 4 is 11.6 Å². The van der Waals surface area contributed by atoms with E-state index in [1.165, 1.54) is 11.0 Å². The maximum atomic E-state index is 12.5. The Balaban J connectivity index is 1.60. The lowest BCUT2D eigenvalue weighted by Gasteiger charge is -2.32. The van der Waals surface area contributed by atoms with Crippen molar-refractivity contribution in [2.75, 3.05) is 18.7 Å². The number of ether oxygens (including phenoxy) is 3. The van der Waals surface area contributed by atoms with Gasteiger partial charge in [0.15, 0.2) is 17.6 Å². The second-order valence-corrected chi connectivity index (χ2v) is 5.55. The maximum Gasteiger partial charge on any atom is 0.268 e. The van der Waals surface area contributed by atoms with Gasteiger partial charge in [-0.15, -0.1) is 0 Å². The number of anilines is 1. The van der Waals surface area contributed by atoms with Gasteiger partial charge in [-0.05, 0) is 29.8 Å². The van der Waals surface area contributed by atoms with E-state index in [-0.39, 0.29) is 18.4 Å². The average molecular weight is 313 g/mol. The molecular formula is C17H15NO5. The molecule has 4 rings (SSSR count). The quantitative estimate of drug-likeness (QED) is 0.919. The highest BCUT2D eigenvalue weighted by Gasteiger charge is 2.32. The molecule has 23 heavy (non-hydrogen) atoms. The SMILES string of the molecule is CN1C(=O)C(Cc2ccc3c(c2)OCO3)Oc2ccc(O)cc21. The number of amides is 1. The highest BCUT2D eigenvalue weighted by atomic mass is 16.7. The monoisotopic (exact) mass is 313 g/mol. The van der Waals surface area contributed by atoms with Gasteiger partial charge in [-0.2, -0.15) is 0 Å². The Morgan fingerprint density at radius 1 is 1.13 bits per heavy atom. The van der Waals surface area contributed by atoms with Crippen LogP contribution >= 0.6 is 0 Å². The van der Waals surface area contributed by atoms with E-state index >= 15 is 0 Å². The van der Waals surface area contributed by atoms with Gasteiger partial charge in [0.2, 0.25) is 6.79 Å². The fraction of sp³-hybridized carbons (Fsp3) is 0.235. The van der Waals surface area contributed by atoms with E-state index in [1.54, 1.807) is 19.2 Å². The number of hydrogen-bond acceptors (Lipinski definition) is 5. The van der Waals surface area contributed by atoms with Gasteiger partial charge >= 0.3 is 0 Å². The number of carbonyl (C=O) groups is 1. The molecule has 0 saturated heterocycles. The molecule has 1 amide bonds. The van der Waals surface area contributed by atoms with Crippen LogP contribution in [-0.2, 0) is 11.2 Å². The van der Waals surface area contributed by atoms with Crippen LogP contribution in [0, 0.1) is 0 Å². The lowest BCUT2D eigenvalue weighted by atomic mass is 10.0. The van der Waals surface area contributed by atoms with Crippen LogP contribution in [0.2, 0.25) is 0 Å². The normalized spacial score (nSPS) is 18.6. The molecule has 6 nitrogen and oxygen atoms in total. The van der Waals surface area contributed by atoms with Crippen molar-refractivity contribution in [3.63, 3.8) is 0 Å². The largest absolute Gasteiger partial charge is 0.508 e. The van der Waals surface area contributed by atoms with Crippen molar-refractivity contribution in [3.8, 4) is 23.0 Å². The molecule has 2 heterocycles. The van der Waals surface area contributed by atoms with Crippen LogP contribution in [0.5, 0.6) is 23.0 Å². The third-order valence-corrected chi connectivity index (χ3v) is 4.04. The Morgan fingerprint density at radius 2 is 1.91 bits per heavy atom. The fourth-order valence-corrected chi connectivity index (χ4v) is 2.82. The first kappa shape index (κ1) is 13.8. The number of rotatable bonds is 2. The summed E-state index contributed by atoms with van der Waals surface area (Å²) in [6.07, 6.45) is -0.183. The van der Waals surface area contributed by atoms with Crippen molar-refractivity contribution in [1.82, 2.24) is 0 Å². The zero-order valence-corrected chi connectivity index (χ0v) is 12.5. The number of aromatic hydroxyl groups is 1.